The summed E-state index contributed by atoms with van der Waals surface area (Å²) in [5.74, 6) is 0.188. The molecule has 27 heavy (non-hydrogen) atoms. The fourth-order valence-corrected chi connectivity index (χ4v) is 4.41. The van der Waals surface area contributed by atoms with Crippen LogP contribution in [0, 0.1) is 23.5 Å². The van der Waals surface area contributed by atoms with Gasteiger partial charge < -0.3 is 9.47 Å². The van der Waals surface area contributed by atoms with Gasteiger partial charge in [0.25, 0.3) is 0 Å². The van der Waals surface area contributed by atoms with Crippen molar-refractivity contribution in [2.75, 3.05) is 6.61 Å². The maximum atomic E-state index is 14.5. The molecule has 4 heteroatoms. The Kier molecular flexibility index (Phi) is 7.51. The Morgan fingerprint density at radius 2 is 1.85 bits per heavy atom. The van der Waals surface area contributed by atoms with Gasteiger partial charge in [-0.2, -0.15) is 4.39 Å². The van der Waals surface area contributed by atoms with Crippen molar-refractivity contribution in [3.8, 4) is 5.75 Å². The molecule has 0 aromatic heterocycles. The lowest BCUT2D eigenvalue weighted by atomic mass is 9.80. The van der Waals surface area contributed by atoms with Crippen molar-refractivity contribution in [3.63, 3.8) is 0 Å². The highest BCUT2D eigenvalue weighted by Crippen LogP contribution is 2.35. The van der Waals surface area contributed by atoms with Crippen LogP contribution < -0.4 is 4.74 Å². The molecule has 2 aliphatic rings. The molecule has 1 atom stereocenters. The van der Waals surface area contributed by atoms with Gasteiger partial charge in [0.2, 0.25) is 5.82 Å². The number of fused-ring (bicyclic) bond motifs is 1. The van der Waals surface area contributed by atoms with Gasteiger partial charge >= 0.3 is 0 Å². The maximum Gasteiger partial charge on any atom is 0.201 e. The van der Waals surface area contributed by atoms with E-state index in [1.165, 1.54) is 32.1 Å². The summed E-state index contributed by atoms with van der Waals surface area (Å²) >= 11 is 0. The number of rotatable bonds is 8. The fraction of sp³-hybridized carbons (Fsp3) is 0.739. The molecule has 0 N–H and O–H groups in total. The predicted molar refractivity (Wildman–Crippen MR) is 104 cm³/mol. The van der Waals surface area contributed by atoms with Crippen molar-refractivity contribution in [2.45, 2.75) is 90.8 Å². The van der Waals surface area contributed by atoms with E-state index in [1.807, 2.05) is 13.0 Å². The van der Waals surface area contributed by atoms with Crippen molar-refractivity contribution in [1.29, 1.82) is 0 Å². The van der Waals surface area contributed by atoms with Crippen LogP contribution in [-0.2, 0) is 17.6 Å². The van der Waals surface area contributed by atoms with E-state index in [2.05, 4.69) is 6.92 Å². The molecule has 3 rings (SSSR count). The Morgan fingerprint density at radius 3 is 2.59 bits per heavy atom. The highest BCUT2D eigenvalue weighted by Gasteiger charge is 2.27. The number of ether oxygens (including phenoxy) is 2. The van der Waals surface area contributed by atoms with Crippen LogP contribution in [0.25, 0.3) is 0 Å². The smallest absolute Gasteiger partial charge is 0.201 e. The third-order valence-corrected chi connectivity index (χ3v) is 6.16. The van der Waals surface area contributed by atoms with E-state index in [0.717, 1.165) is 36.7 Å². The van der Waals surface area contributed by atoms with Crippen molar-refractivity contribution in [2.24, 2.45) is 11.8 Å². The number of aryl methyl sites for hydroxylation is 2. The van der Waals surface area contributed by atoms with Crippen molar-refractivity contribution in [3.05, 3.63) is 28.8 Å². The van der Waals surface area contributed by atoms with E-state index in [9.17, 15) is 8.78 Å². The molecule has 0 saturated heterocycles. The van der Waals surface area contributed by atoms with Gasteiger partial charge in [-0.25, -0.2) is 4.39 Å². The number of benzene rings is 1. The zero-order chi connectivity index (χ0) is 19.2. The van der Waals surface area contributed by atoms with Gasteiger partial charge in [-0.15, -0.1) is 0 Å². The van der Waals surface area contributed by atoms with E-state index in [4.69, 9.17) is 9.47 Å². The van der Waals surface area contributed by atoms with Crippen molar-refractivity contribution >= 4 is 0 Å². The normalized spacial score (nSPS) is 25.1. The Morgan fingerprint density at radius 1 is 1.07 bits per heavy atom. The molecule has 1 heterocycles. The van der Waals surface area contributed by atoms with Gasteiger partial charge in [0.05, 0.1) is 6.61 Å². The fourth-order valence-electron chi connectivity index (χ4n) is 4.41. The molecule has 1 aliphatic heterocycles. The highest BCUT2D eigenvalue weighted by molar-refractivity contribution is 5.41. The molecular formula is C23H34F2O2. The summed E-state index contributed by atoms with van der Waals surface area (Å²) in [7, 11) is 0. The van der Waals surface area contributed by atoms with Crippen LogP contribution in [0.5, 0.6) is 5.75 Å². The van der Waals surface area contributed by atoms with Crippen LogP contribution in [-0.4, -0.2) is 12.9 Å². The first-order chi connectivity index (χ1) is 13.1. The summed E-state index contributed by atoms with van der Waals surface area (Å²) in [6, 6.07) is 1.81. The average molecular weight is 381 g/mol. The number of hydrogen-bond acceptors (Lipinski definition) is 2. The van der Waals surface area contributed by atoms with Gasteiger partial charge in [-0.1, -0.05) is 52.4 Å². The van der Waals surface area contributed by atoms with E-state index in [0.29, 0.717) is 31.4 Å². The van der Waals surface area contributed by atoms with Gasteiger partial charge in [-0.05, 0) is 54.7 Å². The Bertz CT molecular complexity index is 609. The third-order valence-electron chi connectivity index (χ3n) is 6.16. The van der Waals surface area contributed by atoms with E-state index >= 15 is 0 Å². The Labute approximate surface area is 162 Å². The first kappa shape index (κ1) is 20.6. The number of hydrogen-bond donors (Lipinski definition) is 0. The minimum atomic E-state index is -0.839. The summed E-state index contributed by atoms with van der Waals surface area (Å²) in [4.78, 5) is 0. The highest BCUT2D eigenvalue weighted by atomic mass is 19.2. The molecule has 0 bridgehead atoms. The summed E-state index contributed by atoms with van der Waals surface area (Å²) in [5.41, 5.74) is 1.28. The van der Waals surface area contributed by atoms with E-state index in [1.54, 1.807) is 0 Å². The lowest BCUT2D eigenvalue weighted by molar-refractivity contribution is -0.0926. The summed E-state index contributed by atoms with van der Waals surface area (Å²) < 4.78 is 40.1. The molecule has 1 aromatic rings. The molecule has 0 radical (unpaired) electrons. The number of halogens is 2. The lowest BCUT2D eigenvalue weighted by Crippen LogP contribution is -2.27. The molecule has 1 fully saturated rings. The quantitative estimate of drug-likeness (QED) is 0.474. The zero-order valence-corrected chi connectivity index (χ0v) is 16.9. The number of unbranched alkanes of at least 4 members (excludes halogenated alkanes) is 1. The topological polar surface area (TPSA) is 18.5 Å². The van der Waals surface area contributed by atoms with Crippen molar-refractivity contribution < 1.29 is 18.3 Å². The first-order valence-electron chi connectivity index (χ1n) is 10.9. The predicted octanol–water partition coefficient (Wildman–Crippen LogP) is 6.58. The standard InChI is InChI=1S/C23H34F2O2/c1-3-14-26-20-13-12-19-15-18(21(24)22(25)23(19)27-20)7-5-4-6-17-10-8-16(2)9-11-17/h15-17,20H,3-14H2,1-2H3. The van der Waals surface area contributed by atoms with E-state index in [-0.39, 0.29) is 5.75 Å². The van der Waals surface area contributed by atoms with Crippen LogP contribution in [0.2, 0.25) is 0 Å². The molecule has 1 saturated carbocycles. The Balaban J connectivity index is 1.52. The van der Waals surface area contributed by atoms with Crippen LogP contribution in [0.1, 0.15) is 82.8 Å². The van der Waals surface area contributed by atoms with Gasteiger partial charge in [0.15, 0.2) is 17.9 Å². The first-order valence-corrected chi connectivity index (χ1v) is 10.9. The summed E-state index contributed by atoms with van der Waals surface area (Å²) in [5, 5.41) is 0. The van der Waals surface area contributed by atoms with Gasteiger partial charge in [0.1, 0.15) is 0 Å². The largest absolute Gasteiger partial charge is 0.461 e. The summed E-state index contributed by atoms with van der Waals surface area (Å²) in [6.07, 6.45) is 11.0. The molecule has 1 aliphatic carbocycles. The second-order valence-corrected chi connectivity index (χ2v) is 8.48. The lowest BCUT2D eigenvalue weighted by Gasteiger charge is -2.27. The minimum absolute atomic E-state index is 0.0555. The molecule has 0 amide bonds. The Hall–Kier alpha value is -1.16. The van der Waals surface area contributed by atoms with Gasteiger partial charge in [-0.3, -0.25) is 0 Å². The second-order valence-electron chi connectivity index (χ2n) is 8.48. The second kappa shape index (κ2) is 9.86. The zero-order valence-electron chi connectivity index (χ0n) is 16.9. The summed E-state index contributed by atoms with van der Waals surface area (Å²) in [6.45, 7) is 4.92. The molecule has 1 unspecified atom stereocenters. The van der Waals surface area contributed by atoms with Crippen LogP contribution in [0.3, 0.4) is 0 Å². The monoisotopic (exact) mass is 380 g/mol. The average Bonchev–Trinajstić information content (AvgIpc) is 2.68. The van der Waals surface area contributed by atoms with E-state index < -0.39 is 17.9 Å². The minimum Gasteiger partial charge on any atom is -0.461 e. The molecule has 0 spiro atoms. The molecule has 1 aromatic carbocycles. The third kappa shape index (κ3) is 5.43. The SMILES string of the molecule is CCCOC1CCc2cc(CCCCC3CCC(C)CC3)c(F)c(F)c2O1. The van der Waals surface area contributed by atoms with Gasteiger partial charge in [0, 0.05) is 6.42 Å². The van der Waals surface area contributed by atoms with Crippen LogP contribution in [0.15, 0.2) is 6.07 Å². The van der Waals surface area contributed by atoms with Crippen LogP contribution in [0.4, 0.5) is 8.78 Å². The molecule has 2 nitrogen and oxygen atoms in total. The van der Waals surface area contributed by atoms with Crippen molar-refractivity contribution in [1.82, 2.24) is 0 Å². The van der Waals surface area contributed by atoms with Crippen LogP contribution >= 0.6 is 0 Å². The molecular weight excluding hydrogens is 346 g/mol. The maximum absolute atomic E-state index is 14.5. The molecule has 152 valence electrons.